The Balaban J connectivity index is 1.62. The van der Waals surface area contributed by atoms with Crippen LogP contribution < -0.4 is 16.3 Å². The van der Waals surface area contributed by atoms with Crippen LogP contribution in [0.2, 0.25) is 0 Å². The highest BCUT2D eigenvalue weighted by molar-refractivity contribution is 9.10. The number of aromatic amines is 1. The first kappa shape index (κ1) is 16.3. The number of rotatable bonds is 5. The average molecular weight is 403 g/mol. The van der Waals surface area contributed by atoms with Crippen molar-refractivity contribution < 1.29 is 0 Å². The molecule has 1 aliphatic heterocycles. The Morgan fingerprint density at radius 3 is 3.04 bits per heavy atom. The van der Waals surface area contributed by atoms with Gasteiger partial charge in [0.15, 0.2) is 5.65 Å². The molecule has 0 amide bonds. The Hall–Kier alpha value is -2.19. The Labute approximate surface area is 153 Å². The zero-order valence-electron chi connectivity index (χ0n) is 13.6. The third kappa shape index (κ3) is 3.45. The smallest absolute Gasteiger partial charge is 0.328 e. The minimum absolute atomic E-state index is 0.183. The number of benzene rings is 1. The first-order valence-corrected chi connectivity index (χ1v) is 9.13. The summed E-state index contributed by atoms with van der Waals surface area (Å²) in [6.07, 6.45) is 2.82. The van der Waals surface area contributed by atoms with Gasteiger partial charge in [0, 0.05) is 11.0 Å². The van der Waals surface area contributed by atoms with Crippen LogP contribution >= 0.6 is 15.9 Å². The molecule has 0 saturated carbocycles. The quantitative estimate of drug-likeness (QED) is 0.606. The number of hydrogen-bond donors (Lipinski definition) is 3. The highest BCUT2D eigenvalue weighted by atomic mass is 79.9. The molecule has 3 aromatic rings. The summed E-state index contributed by atoms with van der Waals surface area (Å²) >= 11 is 3.53. The van der Waals surface area contributed by atoms with E-state index in [1.54, 1.807) is 10.8 Å². The normalized spacial score (nSPS) is 17.2. The molecule has 3 heterocycles. The van der Waals surface area contributed by atoms with E-state index in [9.17, 15) is 4.79 Å². The molecule has 0 aliphatic carbocycles. The molecule has 130 valence electrons. The minimum Gasteiger partial charge on any atom is -0.354 e. The van der Waals surface area contributed by atoms with E-state index in [4.69, 9.17) is 0 Å². The number of hydrogen-bond acceptors (Lipinski definition) is 5. The number of nitrogens with zero attached hydrogens (tertiary/aromatic N) is 3. The Morgan fingerprint density at radius 1 is 1.36 bits per heavy atom. The van der Waals surface area contributed by atoms with Gasteiger partial charge in [-0.1, -0.05) is 34.1 Å². The van der Waals surface area contributed by atoms with Crippen LogP contribution in [0.25, 0.3) is 11.2 Å². The van der Waals surface area contributed by atoms with E-state index >= 15 is 0 Å². The second-order valence-electron chi connectivity index (χ2n) is 6.28. The molecule has 1 fully saturated rings. The summed E-state index contributed by atoms with van der Waals surface area (Å²) < 4.78 is 2.61. The molecule has 0 spiro atoms. The maximum atomic E-state index is 12.3. The largest absolute Gasteiger partial charge is 0.354 e. The number of anilines is 1. The van der Waals surface area contributed by atoms with Crippen molar-refractivity contribution in [2.45, 2.75) is 13.0 Å². The second-order valence-corrected chi connectivity index (χ2v) is 7.13. The van der Waals surface area contributed by atoms with Crippen molar-refractivity contribution in [1.29, 1.82) is 0 Å². The summed E-state index contributed by atoms with van der Waals surface area (Å²) in [7, 11) is 0. The lowest BCUT2D eigenvalue weighted by Crippen LogP contribution is -2.19. The average Bonchev–Trinajstić information content (AvgIpc) is 3.23. The van der Waals surface area contributed by atoms with Gasteiger partial charge in [0.2, 0.25) is 5.95 Å². The lowest BCUT2D eigenvalue weighted by atomic mass is 10.1. The third-order valence-electron chi connectivity index (χ3n) is 4.51. The van der Waals surface area contributed by atoms with Gasteiger partial charge in [-0.05, 0) is 37.1 Å². The van der Waals surface area contributed by atoms with Gasteiger partial charge in [0.25, 0.3) is 0 Å². The van der Waals surface area contributed by atoms with Crippen LogP contribution in [-0.2, 0) is 6.54 Å². The molecule has 4 rings (SSSR count). The third-order valence-corrected chi connectivity index (χ3v) is 5.28. The first-order valence-electron chi connectivity index (χ1n) is 8.34. The lowest BCUT2D eigenvalue weighted by molar-refractivity contribution is 0.613. The van der Waals surface area contributed by atoms with E-state index in [1.165, 1.54) is 0 Å². The number of nitrogens with one attached hydrogen (secondary N) is 3. The van der Waals surface area contributed by atoms with Crippen molar-refractivity contribution in [2.75, 3.05) is 25.0 Å². The van der Waals surface area contributed by atoms with Crippen LogP contribution in [-0.4, -0.2) is 39.2 Å². The molecule has 7 nitrogen and oxygen atoms in total. The predicted molar refractivity (Wildman–Crippen MR) is 101 cm³/mol. The van der Waals surface area contributed by atoms with Gasteiger partial charge in [-0.2, -0.15) is 4.98 Å². The van der Waals surface area contributed by atoms with Crippen LogP contribution in [0.4, 0.5) is 5.95 Å². The lowest BCUT2D eigenvalue weighted by Gasteiger charge is -2.10. The number of halogens is 1. The number of fused-ring (bicyclic) bond motifs is 1. The van der Waals surface area contributed by atoms with Crippen molar-refractivity contribution in [1.82, 2.24) is 24.8 Å². The second kappa shape index (κ2) is 6.97. The van der Waals surface area contributed by atoms with Gasteiger partial charge in [-0.3, -0.25) is 4.57 Å². The molecular weight excluding hydrogens is 384 g/mol. The maximum Gasteiger partial charge on any atom is 0.328 e. The predicted octanol–water partition coefficient (Wildman–Crippen LogP) is 1.95. The number of imidazole rings is 1. The number of H-pyrrole nitrogens is 1. The van der Waals surface area contributed by atoms with Crippen LogP contribution in [0.1, 0.15) is 12.0 Å². The van der Waals surface area contributed by atoms with Crippen molar-refractivity contribution in [2.24, 2.45) is 5.92 Å². The van der Waals surface area contributed by atoms with Gasteiger partial charge in [-0.25, -0.2) is 9.78 Å². The van der Waals surface area contributed by atoms with E-state index in [-0.39, 0.29) is 5.69 Å². The van der Waals surface area contributed by atoms with E-state index in [1.807, 2.05) is 24.3 Å². The van der Waals surface area contributed by atoms with E-state index < -0.39 is 0 Å². The van der Waals surface area contributed by atoms with Crippen LogP contribution in [0.5, 0.6) is 0 Å². The molecule has 1 aromatic carbocycles. The summed E-state index contributed by atoms with van der Waals surface area (Å²) in [5.41, 5.74) is 2.10. The summed E-state index contributed by atoms with van der Waals surface area (Å²) in [6, 6.07) is 7.86. The highest BCUT2D eigenvalue weighted by Gasteiger charge is 2.15. The van der Waals surface area contributed by atoms with E-state index in [2.05, 4.69) is 41.5 Å². The molecule has 25 heavy (non-hydrogen) atoms. The first-order chi connectivity index (χ1) is 12.2. The summed E-state index contributed by atoms with van der Waals surface area (Å²) in [5, 5.41) is 6.64. The van der Waals surface area contributed by atoms with Crippen LogP contribution in [0.15, 0.2) is 39.7 Å². The van der Waals surface area contributed by atoms with Crippen LogP contribution in [0.3, 0.4) is 0 Å². The molecule has 1 saturated heterocycles. The highest BCUT2D eigenvalue weighted by Crippen LogP contribution is 2.18. The fourth-order valence-electron chi connectivity index (χ4n) is 3.10. The van der Waals surface area contributed by atoms with Crippen LogP contribution in [0, 0.1) is 5.92 Å². The molecule has 1 unspecified atom stereocenters. The van der Waals surface area contributed by atoms with E-state index in [0.29, 0.717) is 29.6 Å². The van der Waals surface area contributed by atoms with Gasteiger partial charge in [0.1, 0.15) is 5.52 Å². The van der Waals surface area contributed by atoms with Gasteiger partial charge >= 0.3 is 5.69 Å². The maximum absolute atomic E-state index is 12.3. The fourth-order valence-corrected chi connectivity index (χ4v) is 3.51. The summed E-state index contributed by atoms with van der Waals surface area (Å²) in [5.74, 6) is 1.15. The molecule has 2 aromatic heterocycles. The number of aromatic nitrogens is 4. The minimum atomic E-state index is -0.183. The van der Waals surface area contributed by atoms with Gasteiger partial charge in [-0.15, -0.1) is 0 Å². The fraction of sp³-hybridized carbons (Fsp3) is 0.353. The summed E-state index contributed by atoms with van der Waals surface area (Å²) in [6.45, 7) is 3.36. The molecular formula is C17H19BrN6O. The van der Waals surface area contributed by atoms with Gasteiger partial charge < -0.3 is 15.6 Å². The van der Waals surface area contributed by atoms with Crippen molar-refractivity contribution in [3.05, 3.63) is 51.0 Å². The molecule has 3 N–H and O–H groups in total. The molecule has 1 atom stereocenters. The van der Waals surface area contributed by atoms with Crippen molar-refractivity contribution in [3.63, 3.8) is 0 Å². The zero-order chi connectivity index (χ0) is 17.2. The Morgan fingerprint density at radius 2 is 2.24 bits per heavy atom. The standard InChI is InChI=1S/C17H19BrN6O/c18-13-4-2-1-3-12(13)10-24-15-14(22-17(24)25)9-21-16(23-15)20-8-11-5-6-19-7-11/h1-4,9,11,19H,5-8,10H2,(H,22,25)(H,20,21,23). The van der Waals surface area contributed by atoms with Gasteiger partial charge in [0.05, 0.1) is 12.7 Å². The Kier molecular flexibility index (Phi) is 4.54. The van der Waals surface area contributed by atoms with E-state index in [0.717, 1.165) is 36.1 Å². The molecule has 0 bridgehead atoms. The zero-order valence-corrected chi connectivity index (χ0v) is 15.2. The molecule has 8 heteroatoms. The van der Waals surface area contributed by atoms with Crippen molar-refractivity contribution >= 4 is 33.0 Å². The summed E-state index contributed by atoms with van der Waals surface area (Å²) in [4.78, 5) is 24.0. The van der Waals surface area contributed by atoms with Crippen molar-refractivity contribution in [3.8, 4) is 0 Å². The molecule has 1 aliphatic rings. The topological polar surface area (TPSA) is 87.6 Å². The molecule has 0 radical (unpaired) electrons. The monoisotopic (exact) mass is 402 g/mol. The Bertz CT molecular complexity index is 944. The SMILES string of the molecule is O=c1[nH]c2cnc(NCC3CCNC3)nc2n1Cc1ccccc1Br.